The van der Waals surface area contributed by atoms with E-state index in [2.05, 4.69) is 42.0 Å². The Balaban J connectivity index is 1.82. The summed E-state index contributed by atoms with van der Waals surface area (Å²) in [6, 6.07) is 0. The molecule has 0 fully saturated rings. The number of hydrogen-bond donors (Lipinski definition) is 4. The van der Waals surface area contributed by atoms with Crippen LogP contribution in [0, 0.1) is 13.8 Å². The highest BCUT2D eigenvalue weighted by Crippen LogP contribution is 2.34. The van der Waals surface area contributed by atoms with Crippen molar-refractivity contribution in [2.24, 2.45) is 9.98 Å². The maximum Gasteiger partial charge on any atom is 0.130 e. The van der Waals surface area contributed by atoms with E-state index in [0.29, 0.717) is 38.5 Å². The number of aliphatic hydroxyl groups excluding tert-OH is 2. The Kier molecular flexibility index (Phi) is 9.61. The molecule has 8 bridgehead atoms. The SMILES string of the molecule is CC(=O)CCC1=C(C)C2=CCC3=N/C(=C\c4[nH]c(c(C)c4C(C)O)C=c4[nH]c(c(CCC(C)=O)c4C)=CC1=N2)C(C)=C(C(C)O)C3. The highest BCUT2D eigenvalue weighted by atomic mass is 16.3. The van der Waals surface area contributed by atoms with Crippen LogP contribution in [0.5, 0.6) is 0 Å². The molecule has 242 valence electrons. The maximum atomic E-state index is 12.1. The Morgan fingerprint density at radius 1 is 0.804 bits per heavy atom. The predicted molar refractivity (Wildman–Crippen MR) is 185 cm³/mol. The van der Waals surface area contributed by atoms with Gasteiger partial charge in [-0.1, -0.05) is 6.08 Å². The van der Waals surface area contributed by atoms with E-state index in [0.717, 1.165) is 89.4 Å². The molecule has 2 atom stereocenters. The zero-order chi connectivity index (χ0) is 33.4. The van der Waals surface area contributed by atoms with Crippen LogP contribution in [0.4, 0.5) is 0 Å². The molecule has 5 rings (SSSR count). The van der Waals surface area contributed by atoms with Crippen LogP contribution >= 0.6 is 0 Å². The van der Waals surface area contributed by atoms with Crippen LogP contribution in [0.15, 0.2) is 49.7 Å². The number of nitrogens with one attached hydrogen (secondary N) is 2. The molecule has 46 heavy (non-hydrogen) atoms. The molecular formula is C38H46N4O4. The Morgan fingerprint density at radius 2 is 1.50 bits per heavy atom. The molecule has 4 N–H and O–H groups in total. The predicted octanol–water partition coefficient (Wildman–Crippen LogP) is 5.45. The van der Waals surface area contributed by atoms with Gasteiger partial charge in [0.2, 0.25) is 0 Å². The Labute approximate surface area is 270 Å². The van der Waals surface area contributed by atoms with Gasteiger partial charge in [0.25, 0.3) is 0 Å². The second kappa shape index (κ2) is 13.3. The third kappa shape index (κ3) is 6.69. The van der Waals surface area contributed by atoms with Crippen molar-refractivity contribution in [1.82, 2.24) is 9.97 Å². The number of aliphatic imine (C=N–C) groups is 2. The summed E-state index contributed by atoms with van der Waals surface area (Å²) in [5.74, 6) is 0.256. The van der Waals surface area contributed by atoms with E-state index >= 15 is 0 Å². The summed E-state index contributed by atoms with van der Waals surface area (Å²) >= 11 is 0. The molecule has 0 saturated carbocycles. The highest BCUT2D eigenvalue weighted by molar-refractivity contribution is 6.23. The zero-order valence-electron chi connectivity index (χ0n) is 28.3. The number of dihydropyridines is 1. The van der Waals surface area contributed by atoms with Crippen molar-refractivity contribution in [3.63, 3.8) is 0 Å². The summed E-state index contributed by atoms with van der Waals surface area (Å²) in [4.78, 5) is 41.4. The number of aromatic amines is 2. The lowest BCUT2D eigenvalue weighted by Crippen LogP contribution is -2.16. The van der Waals surface area contributed by atoms with Crippen molar-refractivity contribution in [2.75, 3.05) is 0 Å². The number of allylic oxidation sites excluding steroid dienone is 4. The number of carbonyl (C=O) groups is 2. The third-order valence-corrected chi connectivity index (χ3v) is 9.50. The Morgan fingerprint density at radius 3 is 2.15 bits per heavy atom. The van der Waals surface area contributed by atoms with Gasteiger partial charge < -0.3 is 29.8 Å². The van der Waals surface area contributed by atoms with Crippen molar-refractivity contribution < 1.29 is 19.8 Å². The molecule has 3 aliphatic heterocycles. The van der Waals surface area contributed by atoms with Gasteiger partial charge in [-0.3, -0.25) is 4.99 Å². The van der Waals surface area contributed by atoms with Gasteiger partial charge >= 0.3 is 0 Å². The minimum absolute atomic E-state index is 0.127. The number of rotatable bonds is 8. The molecule has 2 unspecified atom stereocenters. The molecule has 0 radical (unpaired) electrons. The first-order valence-corrected chi connectivity index (χ1v) is 16.2. The Hall–Kier alpha value is -4.14. The normalized spacial score (nSPS) is 18.9. The van der Waals surface area contributed by atoms with Crippen LogP contribution in [-0.2, 0) is 16.0 Å². The first-order valence-electron chi connectivity index (χ1n) is 16.2. The third-order valence-electron chi connectivity index (χ3n) is 9.50. The highest BCUT2D eigenvalue weighted by Gasteiger charge is 2.24. The van der Waals surface area contributed by atoms with E-state index < -0.39 is 12.2 Å². The molecule has 8 nitrogen and oxygen atoms in total. The molecule has 0 saturated heterocycles. The molecule has 2 aromatic heterocycles. The first-order chi connectivity index (χ1) is 21.7. The average Bonchev–Trinajstić information content (AvgIpc) is 3.55. The summed E-state index contributed by atoms with van der Waals surface area (Å²) in [6.45, 7) is 14.9. The van der Waals surface area contributed by atoms with Gasteiger partial charge in [-0.05, 0) is 125 Å². The minimum atomic E-state index is -0.719. The number of ketones is 2. The summed E-state index contributed by atoms with van der Waals surface area (Å²) < 4.78 is 0. The summed E-state index contributed by atoms with van der Waals surface area (Å²) in [5, 5.41) is 23.4. The fourth-order valence-electron chi connectivity index (χ4n) is 6.74. The van der Waals surface area contributed by atoms with Gasteiger partial charge in [-0.15, -0.1) is 0 Å². The van der Waals surface area contributed by atoms with E-state index in [1.807, 2.05) is 19.9 Å². The summed E-state index contributed by atoms with van der Waals surface area (Å²) in [7, 11) is 0. The molecule has 3 aliphatic rings. The molecule has 5 heterocycles. The van der Waals surface area contributed by atoms with Gasteiger partial charge in [0.1, 0.15) is 11.6 Å². The fourth-order valence-corrected chi connectivity index (χ4v) is 6.74. The molecular weight excluding hydrogens is 576 g/mol. The van der Waals surface area contributed by atoms with Crippen LogP contribution in [0.1, 0.15) is 113 Å². The number of aliphatic hydroxyl groups is 2. The number of H-pyrrole nitrogens is 2. The van der Waals surface area contributed by atoms with Gasteiger partial charge in [-0.25, -0.2) is 4.99 Å². The summed E-state index contributed by atoms with van der Waals surface area (Å²) in [5.41, 5.74) is 12.7. The van der Waals surface area contributed by atoms with E-state index in [-0.39, 0.29) is 11.6 Å². The fraction of sp³-hybridized carbons (Fsp3) is 0.421. The van der Waals surface area contributed by atoms with E-state index in [9.17, 15) is 19.8 Å². The van der Waals surface area contributed by atoms with E-state index in [1.54, 1.807) is 27.7 Å². The van der Waals surface area contributed by atoms with Crippen molar-refractivity contribution in [1.29, 1.82) is 0 Å². The van der Waals surface area contributed by atoms with Crippen molar-refractivity contribution in [3.8, 4) is 0 Å². The number of Topliss-reactive ketones (excluding diaryl/α,β-unsaturated/α-hetero) is 2. The number of hydrogen-bond acceptors (Lipinski definition) is 6. The molecule has 2 aromatic rings. The smallest absolute Gasteiger partial charge is 0.130 e. The van der Waals surface area contributed by atoms with E-state index in [1.165, 1.54) is 0 Å². The van der Waals surface area contributed by atoms with Crippen LogP contribution in [-0.4, -0.2) is 49.3 Å². The monoisotopic (exact) mass is 622 g/mol. The van der Waals surface area contributed by atoms with Crippen LogP contribution in [0.25, 0.3) is 18.2 Å². The van der Waals surface area contributed by atoms with Crippen LogP contribution in [0.2, 0.25) is 0 Å². The van der Waals surface area contributed by atoms with Crippen molar-refractivity contribution >= 4 is 41.2 Å². The molecule has 0 amide bonds. The lowest BCUT2D eigenvalue weighted by atomic mass is 9.91. The van der Waals surface area contributed by atoms with Gasteiger partial charge in [0, 0.05) is 59.0 Å². The number of nitrogens with zero attached hydrogens (tertiary/aromatic N) is 2. The Bertz CT molecular complexity index is 1930. The van der Waals surface area contributed by atoms with Crippen LogP contribution < -0.4 is 10.7 Å². The number of carbonyl (C=O) groups excluding carboxylic acids is 2. The number of fused-ring (bicyclic) bond motifs is 6. The van der Waals surface area contributed by atoms with E-state index in [4.69, 9.17) is 9.98 Å². The second-order valence-corrected chi connectivity index (χ2v) is 13.0. The van der Waals surface area contributed by atoms with Gasteiger partial charge in [-0.2, -0.15) is 0 Å². The second-order valence-electron chi connectivity index (χ2n) is 13.0. The minimum Gasteiger partial charge on any atom is -0.389 e. The molecule has 0 aromatic carbocycles. The molecule has 8 heteroatoms. The lowest BCUT2D eigenvalue weighted by molar-refractivity contribution is -0.117. The van der Waals surface area contributed by atoms with Crippen molar-refractivity contribution in [3.05, 3.63) is 84.1 Å². The quantitative estimate of drug-likeness (QED) is 0.312. The van der Waals surface area contributed by atoms with Crippen LogP contribution in [0.3, 0.4) is 0 Å². The van der Waals surface area contributed by atoms with Crippen molar-refractivity contribution in [2.45, 2.75) is 106 Å². The first kappa shape index (κ1) is 33.2. The maximum absolute atomic E-state index is 12.1. The topological polar surface area (TPSA) is 131 Å². The molecule has 0 aliphatic carbocycles. The average molecular weight is 623 g/mol. The number of aromatic nitrogens is 2. The standard InChI is InChI=1S/C38H46N4O4/c1-19(43)9-12-28-21(3)31-14-11-27-15-30(25(7)45)23(5)32(39-27)17-37-38(26(8)46)24(6)34(42-37)16-33-22(4)29(13-10-20(2)44)36(41-33)18-35(28)40-31/h14,16-18,25-26,41-42,45-46H,9-13,15H2,1-8H3/b31-14?,32-17-,33-16?,36-18?. The van der Waals surface area contributed by atoms with Gasteiger partial charge in [0.05, 0.1) is 29.3 Å². The zero-order valence-corrected chi connectivity index (χ0v) is 28.3. The van der Waals surface area contributed by atoms with Gasteiger partial charge in [0.15, 0.2) is 0 Å². The largest absolute Gasteiger partial charge is 0.389 e. The summed E-state index contributed by atoms with van der Waals surface area (Å²) in [6.07, 6.45) is 9.97. The molecule has 0 spiro atoms. The lowest BCUT2D eigenvalue weighted by Gasteiger charge is -2.22.